The summed E-state index contributed by atoms with van der Waals surface area (Å²) in [5.74, 6) is 0.0185. The van der Waals surface area contributed by atoms with Gasteiger partial charge in [-0.15, -0.1) is 0 Å². The normalized spacial score (nSPS) is 5.60. The first kappa shape index (κ1) is 4.05. The average Bonchev–Trinajstić information content (AvgIpc) is 1.38. The molecule has 0 aliphatic rings. The summed E-state index contributed by atoms with van der Waals surface area (Å²) in [6.45, 7) is 3.02. The summed E-state index contributed by atoms with van der Waals surface area (Å²) in [5.41, 5.74) is 9.51. The molecule has 0 aromatic carbocycles. The van der Waals surface area contributed by atoms with Gasteiger partial charge >= 0.3 is 5.96 Å². The molecule has 0 saturated heterocycles. The minimum Gasteiger partial charge on any atom is -0.277 e. The van der Waals surface area contributed by atoms with Crippen LogP contribution in [0, 0.1) is 0 Å². The van der Waals surface area contributed by atoms with E-state index >= 15 is 0 Å². The van der Waals surface area contributed by atoms with Gasteiger partial charge in [0.05, 0.1) is 0 Å². The first-order valence-corrected chi connectivity index (χ1v) is 1.12. The van der Waals surface area contributed by atoms with Crippen molar-refractivity contribution in [1.82, 2.24) is 4.67 Å². The van der Waals surface area contributed by atoms with Crippen LogP contribution in [0.4, 0.5) is 0 Å². The fourth-order valence-electron chi connectivity index (χ4n) is 0. The summed E-state index contributed by atoms with van der Waals surface area (Å²) in [6.07, 6.45) is 0. The van der Waals surface area contributed by atoms with Gasteiger partial charge in [0.1, 0.15) is 6.72 Å². The van der Waals surface area contributed by atoms with Crippen molar-refractivity contribution in [2.24, 2.45) is 11.5 Å². The Morgan fingerprint density at radius 1 is 1.60 bits per heavy atom. The smallest absolute Gasteiger partial charge is 0.277 e. The van der Waals surface area contributed by atoms with E-state index in [1.165, 1.54) is 0 Å². The molecule has 0 unspecified atom stereocenters. The van der Waals surface area contributed by atoms with Crippen LogP contribution in [0.3, 0.4) is 0 Å². The van der Waals surface area contributed by atoms with Gasteiger partial charge in [0.15, 0.2) is 0 Å². The number of hydrogen-bond donors (Lipinski definition) is 2. The second-order valence-corrected chi connectivity index (χ2v) is 0.583. The van der Waals surface area contributed by atoms with Gasteiger partial charge in [-0.3, -0.25) is 16.1 Å². The topological polar surface area (TPSA) is 66.1 Å². The minimum atomic E-state index is 0.0185. The fourth-order valence-corrected chi connectivity index (χ4v) is 0. The van der Waals surface area contributed by atoms with Crippen LogP contribution in [-0.4, -0.2) is 12.7 Å². The number of guanidine groups is 1. The van der Waals surface area contributed by atoms with Crippen molar-refractivity contribution >= 4 is 12.7 Å². The third-order valence-electron chi connectivity index (χ3n) is 0.183. The van der Waals surface area contributed by atoms with Gasteiger partial charge in [0.2, 0.25) is 0 Å². The zero-order valence-electron chi connectivity index (χ0n) is 2.81. The molecular formula is C2H6N3+. The molecule has 0 spiro atoms. The Labute approximate surface area is 30.0 Å². The molecule has 0 rings (SSSR count). The summed E-state index contributed by atoms with van der Waals surface area (Å²) >= 11 is 0. The van der Waals surface area contributed by atoms with Crippen molar-refractivity contribution < 1.29 is 0 Å². The summed E-state index contributed by atoms with van der Waals surface area (Å²) in [6, 6.07) is 0. The van der Waals surface area contributed by atoms with Gasteiger partial charge in [0, 0.05) is 0 Å². The van der Waals surface area contributed by atoms with Crippen LogP contribution in [0.5, 0.6) is 0 Å². The van der Waals surface area contributed by atoms with E-state index in [-0.39, 0.29) is 5.96 Å². The predicted octanol–water partition coefficient (Wildman–Crippen LogP) is -1.97. The number of nitrogens with two attached hydrogens (primary N) is 2. The van der Waals surface area contributed by atoms with Gasteiger partial charge in [-0.25, -0.2) is 0 Å². The lowest BCUT2D eigenvalue weighted by Crippen LogP contribution is -2.24. The Morgan fingerprint density at radius 2 is 1.80 bits per heavy atom. The third-order valence-corrected chi connectivity index (χ3v) is 0.183. The van der Waals surface area contributed by atoms with Gasteiger partial charge in [-0.2, -0.15) is 0 Å². The molecule has 0 saturated carbocycles. The van der Waals surface area contributed by atoms with Crippen molar-refractivity contribution in [1.29, 1.82) is 0 Å². The van der Waals surface area contributed by atoms with Crippen molar-refractivity contribution in [2.75, 3.05) is 0 Å². The highest BCUT2D eigenvalue weighted by Gasteiger charge is 1.73. The van der Waals surface area contributed by atoms with Crippen LogP contribution in [0.25, 0.3) is 0 Å². The van der Waals surface area contributed by atoms with E-state index in [9.17, 15) is 0 Å². The molecule has 0 aromatic rings. The number of nitrogens with zero attached hydrogens (tertiary/aromatic N) is 1. The largest absolute Gasteiger partial charge is 0.433 e. The predicted molar refractivity (Wildman–Crippen MR) is 22.6 cm³/mol. The summed E-state index contributed by atoms with van der Waals surface area (Å²) in [4.78, 5) is 0. The first-order chi connectivity index (χ1) is 2.27. The molecule has 3 heteroatoms. The van der Waals surface area contributed by atoms with Crippen LogP contribution in [0.15, 0.2) is 0 Å². The summed E-state index contributed by atoms with van der Waals surface area (Å²) in [5, 5.41) is 0. The van der Waals surface area contributed by atoms with Crippen molar-refractivity contribution in [3.8, 4) is 0 Å². The van der Waals surface area contributed by atoms with E-state index in [0.29, 0.717) is 0 Å². The maximum Gasteiger partial charge on any atom is 0.433 e. The Hall–Kier alpha value is -0.950. The molecular weight excluding hydrogens is 66.0 g/mol. The summed E-state index contributed by atoms with van der Waals surface area (Å²) < 4.78 is 3.11. The second-order valence-electron chi connectivity index (χ2n) is 0.583. The molecule has 0 aromatic heterocycles. The van der Waals surface area contributed by atoms with E-state index in [2.05, 4.69) is 11.4 Å². The Kier molecular flexibility index (Phi) is 1.12. The highest BCUT2D eigenvalue weighted by Crippen LogP contribution is 1.09. The van der Waals surface area contributed by atoms with E-state index in [4.69, 9.17) is 11.5 Å². The Balaban J connectivity index is 3.60. The molecule has 0 aliphatic carbocycles. The van der Waals surface area contributed by atoms with Crippen LogP contribution in [0.2, 0.25) is 0 Å². The van der Waals surface area contributed by atoms with Gasteiger partial charge in [0.25, 0.3) is 0 Å². The Morgan fingerprint density at radius 3 is 1.80 bits per heavy atom. The minimum absolute atomic E-state index is 0.0185. The van der Waals surface area contributed by atoms with Crippen molar-refractivity contribution in [3.05, 3.63) is 0 Å². The lowest BCUT2D eigenvalue weighted by molar-refractivity contribution is 1.48. The van der Waals surface area contributed by atoms with Gasteiger partial charge in [-0.1, -0.05) is 0 Å². The molecule has 3 nitrogen and oxygen atoms in total. The van der Waals surface area contributed by atoms with Crippen molar-refractivity contribution in [3.63, 3.8) is 0 Å². The molecule has 0 heterocycles. The van der Waals surface area contributed by atoms with Crippen LogP contribution in [0.1, 0.15) is 0 Å². The highest BCUT2D eigenvalue weighted by atomic mass is 14.9. The molecule has 4 N–H and O–H groups in total. The Bertz CT molecular complexity index is 65.0. The van der Waals surface area contributed by atoms with Crippen molar-refractivity contribution in [2.45, 2.75) is 0 Å². The molecule has 5 heavy (non-hydrogen) atoms. The molecule has 0 atom stereocenters. The van der Waals surface area contributed by atoms with Crippen LogP contribution in [-0.2, 0) is 0 Å². The maximum absolute atomic E-state index is 4.76. The molecule has 0 bridgehead atoms. The fraction of sp³-hybridized carbons (Fsp3) is 0. The third kappa shape index (κ3) is 3.05. The van der Waals surface area contributed by atoms with E-state index in [0.717, 1.165) is 0 Å². The zero-order chi connectivity index (χ0) is 4.28. The molecule has 0 aliphatic heterocycles. The average molecular weight is 72.1 g/mol. The summed E-state index contributed by atoms with van der Waals surface area (Å²) in [7, 11) is 0. The molecule has 0 radical (unpaired) electrons. The quantitative estimate of drug-likeness (QED) is 0.198. The van der Waals surface area contributed by atoms with Crippen LogP contribution >= 0.6 is 0 Å². The SMILES string of the molecule is C=[N+]=C(N)N. The van der Waals surface area contributed by atoms with Gasteiger partial charge in [-0.05, 0) is 0 Å². The highest BCUT2D eigenvalue weighted by molar-refractivity contribution is 5.75. The lowest BCUT2D eigenvalue weighted by Gasteiger charge is -1.58. The molecule has 0 amide bonds. The monoisotopic (exact) mass is 72.1 g/mol. The van der Waals surface area contributed by atoms with E-state index in [1.807, 2.05) is 0 Å². The lowest BCUT2D eigenvalue weighted by atomic mass is 11.1. The number of hydrogen-bond acceptors (Lipinski definition) is 0. The van der Waals surface area contributed by atoms with Gasteiger partial charge < -0.3 is 0 Å². The standard InChI is InChI=1S/C2H5N3/c1-5-2(3)4/h1H2,(H3,3,4)/p+1. The number of rotatable bonds is 0. The second kappa shape index (κ2) is 1.38. The zero-order valence-corrected chi connectivity index (χ0v) is 2.81. The van der Waals surface area contributed by atoms with Crippen LogP contribution < -0.4 is 16.1 Å². The van der Waals surface area contributed by atoms with E-state index in [1.54, 1.807) is 0 Å². The van der Waals surface area contributed by atoms with E-state index < -0.39 is 0 Å². The molecule has 28 valence electrons. The maximum atomic E-state index is 4.76. The first-order valence-electron chi connectivity index (χ1n) is 1.12. The molecule has 0 fully saturated rings.